The molecule has 0 spiro atoms. The van der Waals surface area contributed by atoms with E-state index < -0.39 is 0 Å². The molecule has 0 radical (unpaired) electrons. The van der Waals surface area contributed by atoms with E-state index in [1.165, 1.54) is 0 Å². The zero-order valence-corrected chi connectivity index (χ0v) is 9.60. The molecule has 4 heteroatoms. The topological polar surface area (TPSA) is 28.4 Å². The molecule has 0 aliphatic carbocycles. The van der Waals surface area contributed by atoms with E-state index in [9.17, 15) is 0 Å². The zero-order valence-electron chi connectivity index (χ0n) is 8.01. The van der Waals surface area contributed by atoms with Crippen LogP contribution in [0.4, 0.5) is 5.88 Å². The molecule has 1 aromatic heterocycles. The van der Waals surface area contributed by atoms with Gasteiger partial charge < -0.3 is 14.6 Å². The van der Waals surface area contributed by atoms with Crippen LogP contribution in [0.15, 0.2) is 21.2 Å². The summed E-state index contributed by atoms with van der Waals surface area (Å²) in [5, 5.41) is 3.11. The first kappa shape index (κ1) is 10.6. The van der Waals surface area contributed by atoms with Crippen molar-refractivity contribution in [3.05, 3.63) is 16.8 Å². The number of rotatable bonds is 5. The van der Waals surface area contributed by atoms with E-state index in [4.69, 9.17) is 4.42 Å². The molecule has 0 aromatic carbocycles. The Morgan fingerprint density at radius 1 is 1.62 bits per heavy atom. The van der Waals surface area contributed by atoms with E-state index in [-0.39, 0.29) is 0 Å². The van der Waals surface area contributed by atoms with E-state index in [1.807, 2.05) is 20.2 Å². The Hall–Kier alpha value is -0.480. The Labute approximate surface area is 87.2 Å². The molecule has 1 N–H and O–H groups in total. The molecule has 0 atom stereocenters. The summed E-state index contributed by atoms with van der Waals surface area (Å²) in [4.78, 5) is 2.10. The van der Waals surface area contributed by atoms with Crippen molar-refractivity contribution in [2.75, 3.05) is 32.1 Å². The highest BCUT2D eigenvalue weighted by molar-refractivity contribution is 9.10. The number of hydrogen-bond donors (Lipinski definition) is 1. The Kier molecular flexibility index (Phi) is 4.32. The minimum Gasteiger partial charge on any atom is -0.448 e. The summed E-state index contributed by atoms with van der Waals surface area (Å²) < 4.78 is 6.33. The average Bonchev–Trinajstić information content (AvgIpc) is 2.52. The van der Waals surface area contributed by atoms with Crippen molar-refractivity contribution in [1.29, 1.82) is 0 Å². The molecule has 0 saturated carbocycles. The van der Waals surface area contributed by atoms with Gasteiger partial charge >= 0.3 is 0 Å². The molecule has 0 aliphatic heterocycles. The van der Waals surface area contributed by atoms with Gasteiger partial charge in [0.15, 0.2) is 0 Å². The van der Waals surface area contributed by atoms with Crippen LogP contribution < -0.4 is 10.2 Å². The third kappa shape index (κ3) is 3.04. The van der Waals surface area contributed by atoms with Crippen LogP contribution in [-0.2, 0) is 0 Å². The lowest BCUT2D eigenvalue weighted by Gasteiger charge is -2.16. The van der Waals surface area contributed by atoms with Gasteiger partial charge in [0.1, 0.15) is 0 Å². The molecular weight excluding hydrogens is 232 g/mol. The molecule has 1 rings (SSSR count). The molecule has 0 amide bonds. The van der Waals surface area contributed by atoms with Crippen LogP contribution in [0.2, 0.25) is 0 Å². The fourth-order valence-electron chi connectivity index (χ4n) is 1.15. The van der Waals surface area contributed by atoms with Crippen molar-refractivity contribution >= 4 is 21.8 Å². The number of nitrogens with one attached hydrogen (secondary N) is 1. The first-order valence-corrected chi connectivity index (χ1v) is 5.13. The fourth-order valence-corrected chi connectivity index (χ4v) is 1.66. The van der Waals surface area contributed by atoms with Gasteiger partial charge in [-0.3, -0.25) is 0 Å². The number of nitrogens with zero attached hydrogens (tertiary/aromatic N) is 1. The van der Waals surface area contributed by atoms with Gasteiger partial charge in [-0.1, -0.05) is 0 Å². The maximum absolute atomic E-state index is 5.32. The van der Waals surface area contributed by atoms with Crippen LogP contribution in [0.1, 0.15) is 6.42 Å². The summed E-state index contributed by atoms with van der Waals surface area (Å²) >= 11 is 3.42. The molecule has 0 unspecified atom stereocenters. The van der Waals surface area contributed by atoms with Crippen molar-refractivity contribution in [2.45, 2.75) is 6.42 Å². The van der Waals surface area contributed by atoms with Gasteiger partial charge in [0.2, 0.25) is 5.88 Å². The Balaban J connectivity index is 2.39. The molecule has 74 valence electrons. The largest absolute Gasteiger partial charge is 0.448 e. The van der Waals surface area contributed by atoms with Gasteiger partial charge in [-0.2, -0.15) is 0 Å². The molecule has 1 heterocycles. The van der Waals surface area contributed by atoms with Gasteiger partial charge in [0, 0.05) is 13.6 Å². The van der Waals surface area contributed by atoms with Crippen molar-refractivity contribution < 1.29 is 4.42 Å². The van der Waals surface area contributed by atoms with E-state index in [2.05, 4.69) is 26.1 Å². The molecule has 1 aromatic rings. The van der Waals surface area contributed by atoms with Gasteiger partial charge in [0.05, 0.1) is 10.7 Å². The number of anilines is 1. The summed E-state index contributed by atoms with van der Waals surface area (Å²) in [5.41, 5.74) is 0. The monoisotopic (exact) mass is 246 g/mol. The molecule has 13 heavy (non-hydrogen) atoms. The van der Waals surface area contributed by atoms with Gasteiger partial charge in [-0.25, -0.2) is 0 Å². The van der Waals surface area contributed by atoms with Gasteiger partial charge in [-0.05, 0) is 42.0 Å². The Bertz CT molecular complexity index is 250. The standard InChI is InChI=1S/C9H15BrN2O/c1-11-5-3-6-12(2)9-8(10)4-7-13-9/h4,7,11H,3,5-6H2,1-2H3. The lowest BCUT2D eigenvalue weighted by molar-refractivity contribution is 0.548. The minimum atomic E-state index is 0.899. The summed E-state index contributed by atoms with van der Waals surface area (Å²) in [6.07, 6.45) is 2.80. The SMILES string of the molecule is CNCCCN(C)c1occc1Br. The molecule has 3 nitrogen and oxygen atoms in total. The average molecular weight is 247 g/mol. The predicted octanol–water partition coefficient (Wildman–Crippen LogP) is 2.09. The van der Waals surface area contributed by atoms with Crippen molar-refractivity contribution in [2.24, 2.45) is 0 Å². The van der Waals surface area contributed by atoms with E-state index in [0.717, 1.165) is 29.9 Å². The van der Waals surface area contributed by atoms with Crippen LogP contribution in [0, 0.1) is 0 Å². The third-order valence-electron chi connectivity index (χ3n) is 1.87. The van der Waals surface area contributed by atoms with Gasteiger partial charge in [0.25, 0.3) is 0 Å². The smallest absolute Gasteiger partial charge is 0.209 e. The fraction of sp³-hybridized carbons (Fsp3) is 0.556. The summed E-state index contributed by atoms with van der Waals surface area (Å²) in [6, 6.07) is 1.91. The zero-order chi connectivity index (χ0) is 9.68. The first-order valence-electron chi connectivity index (χ1n) is 4.34. The van der Waals surface area contributed by atoms with Crippen LogP contribution in [0.5, 0.6) is 0 Å². The van der Waals surface area contributed by atoms with Crippen LogP contribution >= 0.6 is 15.9 Å². The lowest BCUT2D eigenvalue weighted by atomic mass is 10.4. The summed E-state index contributed by atoms with van der Waals surface area (Å²) in [7, 11) is 3.99. The maximum atomic E-state index is 5.32. The van der Waals surface area contributed by atoms with Crippen molar-refractivity contribution in [1.82, 2.24) is 5.32 Å². The molecule has 0 aliphatic rings. The van der Waals surface area contributed by atoms with Crippen LogP contribution in [0.3, 0.4) is 0 Å². The van der Waals surface area contributed by atoms with Crippen LogP contribution in [-0.4, -0.2) is 27.2 Å². The third-order valence-corrected chi connectivity index (χ3v) is 2.47. The Morgan fingerprint density at radius 3 is 2.92 bits per heavy atom. The second-order valence-corrected chi connectivity index (χ2v) is 3.81. The lowest BCUT2D eigenvalue weighted by Crippen LogP contribution is -2.21. The number of furan rings is 1. The number of halogens is 1. The van der Waals surface area contributed by atoms with Crippen molar-refractivity contribution in [3.63, 3.8) is 0 Å². The first-order chi connectivity index (χ1) is 6.25. The number of hydrogen-bond acceptors (Lipinski definition) is 3. The molecular formula is C9H15BrN2O. The Morgan fingerprint density at radius 2 is 2.38 bits per heavy atom. The highest BCUT2D eigenvalue weighted by atomic mass is 79.9. The molecule has 0 saturated heterocycles. The quantitative estimate of drug-likeness (QED) is 0.807. The van der Waals surface area contributed by atoms with Crippen molar-refractivity contribution in [3.8, 4) is 0 Å². The highest BCUT2D eigenvalue weighted by Gasteiger charge is 2.07. The molecule has 0 bridgehead atoms. The van der Waals surface area contributed by atoms with E-state index in [0.29, 0.717) is 0 Å². The van der Waals surface area contributed by atoms with E-state index in [1.54, 1.807) is 6.26 Å². The normalized spacial score (nSPS) is 10.4. The maximum Gasteiger partial charge on any atom is 0.209 e. The summed E-state index contributed by atoms with van der Waals surface area (Å²) in [5.74, 6) is 0.899. The van der Waals surface area contributed by atoms with E-state index >= 15 is 0 Å². The van der Waals surface area contributed by atoms with Crippen LogP contribution in [0.25, 0.3) is 0 Å². The second-order valence-electron chi connectivity index (χ2n) is 2.95. The summed E-state index contributed by atoms with van der Waals surface area (Å²) in [6.45, 7) is 2.02. The van der Waals surface area contributed by atoms with Gasteiger partial charge in [-0.15, -0.1) is 0 Å². The second kappa shape index (κ2) is 5.29. The highest BCUT2D eigenvalue weighted by Crippen LogP contribution is 2.26. The minimum absolute atomic E-state index is 0.899. The molecule has 0 fully saturated rings. The predicted molar refractivity (Wildman–Crippen MR) is 58.2 cm³/mol.